The molecule has 1 heterocycles. The molecule has 1 aromatic carbocycles. The number of benzene rings is 1. The SMILES string of the molecule is Cc1ncc(C(=O)Nc2cccc(C(C)C)c2)[nH]1. The summed E-state index contributed by atoms with van der Waals surface area (Å²) in [6, 6.07) is 7.88. The molecule has 0 spiro atoms. The number of aryl methyl sites for hydroxylation is 1. The summed E-state index contributed by atoms with van der Waals surface area (Å²) < 4.78 is 0. The van der Waals surface area contributed by atoms with E-state index in [2.05, 4.69) is 35.2 Å². The second kappa shape index (κ2) is 5.04. The Labute approximate surface area is 106 Å². The number of aromatic nitrogens is 2. The van der Waals surface area contributed by atoms with Crippen LogP contribution in [0.25, 0.3) is 0 Å². The molecule has 0 fully saturated rings. The minimum atomic E-state index is -0.170. The summed E-state index contributed by atoms with van der Waals surface area (Å²) in [6.45, 7) is 6.06. The maximum atomic E-state index is 11.9. The first-order valence-electron chi connectivity index (χ1n) is 5.99. The van der Waals surface area contributed by atoms with Crippen LogP contribution in [0, 0.1) is 6.92 Å². The van der Waals surface area contributed by atoms with Crippen molar-refractivity contribution in [2.75, 3.05) is 5.32 Å². The van der Waals surface area contributed by atoms with Crippen LogP contribution in [0.4, 0.5) is 5.69 Å². The predicted molar refractivity (Wildman–Crippen MR) is 71.8 cm³/mol. The molecule has 0 saturated carbocycles. The van der Waals surface area contributed by atoms with Gasteiger partial charge in [0.15, 0.2) is 0 Å². The van der Waals surface area contributed by atoms with Crippen LogP contribution in [-0.4, -0.2) is 15.9 Å². The van der Waals surface area contributed by atoms with Gasteiger partial charge in [-0.3, -0.25) is 4.79 Å². The third-order valence-corrected chi connectivity index (χ3v) is 2.76. The Hall–Kier alpha value is -2.10. The van der Waals surface area contributed by atoms with E-state index in [4.69, 9.17) is 0 Å². The number of H-pyrrole nitrogens is 1. The Bertz CT molecular complexity index is 558. The van der Waals surface area contributed by atoms with Crippen LogP contribution in [0.15, 0.2) is 30.5 Å². The number of nitrogens with zero attached hydrogens (tertiary/aromatic N) is 1. The number of amides is 1. The molecule has 0 radical (unpaired) electrons. The summed E-state index contributed by atoms with van der Waals surface area (Å²) in [5.74, 6) is 1.00. The van der Waals surface area contributed by atoms with Crippen molar-refractivity contribution >= 4 is 11.6 Å². The van der Waals surface area contributed by atoms with Crippen LogP contribution in [0.5, 0.6) is 0 Å². The highest BCUT2D eigenvalue weighted by molar-refractivity contribution is 6.02. The molecule has 18 heavy (non-hydrogen) atoms. The zero-order valence-electron chi connectivity index (χ0n) is 10.8. The van der Waals surface area contributed by atoms with Gasteiger partial charge in [-0.1, -0.05) is 26.0 Å². The highest BCUT2D eigenvalue weighted by Gasteiger charge is 2.09. The van der Waals surface area contributed by atoms with Crippen molar-refractivity contribution < 1.29 is 4.79 Å². The predicted octanol–water partition coefficient (Wildman–Crippen LogP) is 3.09. The summed E-state index contributed by atoms with van der Waals surface area (Å²) in [6.07, 6.45) is 1.54. The zero-order chi connectivity index (χ0) is 13.1. The van der Waals surface area contributed by atoms with Crippen LogP contribution in [0.1, 0.15) is 41.6 Å². The lowest BCUT2D eigenvalue weighted by molar-refractivity contribution is 0.102. The molecule has 4 nitrogen and oxygen atoms in total. The molecule has 2 aromatic rings. The van der Waals surface area contributed by atoms with Crippen molar-refractivity contribution in [1.82, 2.24) is 9.97 Å². The third kappa shape index (κ3) is 2.77. The van der Waals surface area contributed by atoms with Crippen LogP contribution in [0.3, 0.4) is 0 Å². The quantitative estimate of drug-likeness (QED) is 0.870. The number of anilines is 1. The summed E-state index contributed by atoms with van der Waals surface area (Å²) in [5.41, 5.74) is 2.48. The number of aromatic amines is 1. The van der Waals surface area contributed by atoms with E-state index in [0.717, 1.165) is 11.5 Å². The van der Waals surface area contributed by atoms with E-state index in [9.17, 15) is 4.79 Å². The van der Waals surface area contributed by atoms with Crippen LogP contribution >= 0.6 is 0 Å². The van der Waals surface area contributed by atoms with Crippen LogP contribution in [0.2, 0.25) is 0 Å². The fourth-order valence-corrected chi connectivity index (χ4v) is 1.71. The van der Waals surface area contributed by atoms with Gasteiger partial charge in [-0.25, -0.2) is 4.98 Å². The average molecular weight is 243 g/mol. The number of carbonyl (C=O) groups excluding carboxylic acids is 1. The summed E-state index contributed by atoms with van der Waals surface area (Å²) in [5, 5.41) is 2.86. The molecular weight excluding hydrogens is 226 g/mol. The van der Waals surface area contributed by atoms with Gasteiger partial charge in [0.2, 0.25) is 0 Å². The third-order valence-electron chi connectivity index (χ3n) is 2.76. The van der Waals surface area contributed by atoms with E-state index in [1.54, 1.807) is 0 Å². The summed E-state index contributed by atoms with van der Waals surface area (Å²) in [7, 11) is 0. The zero-order valence-corrected chi connectivity index (χ0v) is 10.8. The molecular formula is C14H17N3O. The van der Waals surface area contributed by atoms with Crippen LogP contribution < -0.4 is 5.32 Å². The Morgan fingerprint density at radius 3 is 2.78 bits per heavy atom. The fraction of sp³-hybridized carbons (Fsp3) is 0.286. The van der Waals surface area contributed by atoms with E-state index in [1.165, 1.54) is 11.8 Å². The molecule has 2 N–H and O–H groups in total. The number of hydrogen-bond acceptors (Lipinski definition) is 2. The lowest BCUT2D eigenvalue weighted by atomic mass is 10.0. The first kappa shape index (κ1) is 12.4. The lowest BCUT2D eigenvalue weighted by Crippen LogP contribution is -2.12. The molecule has 0 aliphatic carbocycles. The first-order chi connectivity index (χ1) is 8.56. The highest BCUT2D eigenvalue weighted by Crippen LogP contribution is 2.18. The molecule has 0 atom stereocenters. The van der Waals surface area contributed by atoms with Gasteiger partial charge >= 0.3 is 0 Å². The second-order valence-electron chi connectivity index (χ2n) is 4.62. The van der Waals surface area contributed by atoms with Crippen molar-refractivity contribution in [2.24, 2.45) is 0 Å². The highest BCUT2D eigenvalue weighted by atomic mass is 16.1. The van der Waals surface area contributed by atoms with E-state index >= 15 is 0 Å². The average Bonchev–Trinajstić information content (AvgIpc) is 2.76. The molecule has 4 heteroatoms. The van der Waals surface area contributed by atoms with Crippen molar-refractivity contribution in [3.8, 4) is 0 Å². The Morgan fingerprint density at radius 2 is 2.17 bits per heavy atom. The van der Waals surface area contributed by atoms with Gasteiger partial charge in [0.25, 0.3) is 5.91 Å². The number of hydrogen-bond donors (Lipinski definition) is 2. The lowest BCUT2D eigenvalue weighted by Gasteiger charge is -2.08. The second-order valence-corrected chi connectivity index (χ2v) is 4.62. The number of nitrogens with one attached hydrogen (secondary N) is 2. The van der Waals surface area contributed by atoms with Crippen molar-refractivity contribution in [3.05, 3.63) is 47.5 Å². The molecule has 0 aliphatic heterocycles. The van der Waals surface area contributed by atoms with E-state index in [0.29, 0.717) is 11.6 Å². The van der Waals surface area contributed by atoms with Gasteiger partial charge in [0, 0.05) is 5.69 Å². The van der Waals surface area contributed by atoms with Crippen molar-refractivity contribution in [2.45, 2.75) is 26.7 Å². The molecule has 94 valence electrons. The molecule has 0 unspecified atom stereocenters. The smallest absolute Gasteiger partial charge is 0.273 e. The Kier molecular flexibility index (Phi) is 3.46. The van der Waals surface area contributed by atoms with Gasteiger partial charge in [-0.15, -0.1) is 0 Å². The topological polar surface area (TPSA) is 57.8 Å². The monoisotopic (exact) mass is 243 g/mol. The van der Waals surface area contributed by atoms with E-state index in [-0.39, 0.29) is 5.91 Å². The summed E-state index contributed by atoms with van der Waals surface area (Å²) in [4.78, 5) is 18.8. The minimum absolute atomic E-state index is 0.170. The number of rotatable bonds is 3. The molecule has 1 amide bonds. The number of imidazole rings is 1. The fourth-order valence-electron chi connectivity index (χ4n) is 1.71. The maximum Gasteiger partial charge on any atom is 0.273 e. The Balaban J connectivity index is 2.14. The van der Waals surface area contributed by atoms with Gasteiger partial charge in [0.05, 0.1) is 6.20 Å². The minimum Gasteiger partial charge on any atom is -0.338 e. The summed E-state index contributed by atoms with van der Waals surface area (Å²) >= 11 is 0. The maximum absolute atomic E-state index is 11.9. The van der Waals surface area contributed by atoms with Crippen LogP contribution in [-0.2, 0) is 0 Å². The van der Waals surface area contributed by atoms with Gasteiger partial charge in [-0.2, -0.15) is 0 Å². The Morgan fingerprint density at radius 1 is 1.39 bits per heavy atom. The van der Waals surface area contributed by atoms with Gasteiger partial charge in [-0.05, 0) is 30.5 Å². The van der Waals surface area contributed by atoms with Gasteiger partial charge in [0.1, 0.15) is 11.5 Å². The largest absolute Gasteiger partial charge is 0.338 e. The van der Waals surface area contributed by atoms with Crippen molar-refractivity contribution in [3.63, 3.8) is 0 Å². The van der Waals surface area contributed by atoms with E-state index in [1.807, 2.05) is 25.1 Å². The number of carbonyl (C=O) groups is 1. The normalized spacial score (nSPS) is 10.7. The van der Waals surface area contributed by atoms with Gasteiger partial charge < -0.3 is 10.3 Å². The molecule has 0 saturated heterocycles. The van der Waals surface area contributed by atoms with Crippen molar-refractivity contribution in [1.29, 1.82) is 0 Å². The molecule has 2 rings (SSSR count). The molecule has 1 aromatic heterocycles. The molecule has 0 aliphatic rings. The molecule has 0 bridgehead atoms. The standard InChI is InChI=1S/C14H17N3O/c1-9(2)11-5-4-6-12(7-11)17-14(18)13-8-15-10(3)16-13/h4-9H,1-3H3,(H,15,16)(H,17,18). The first-order valence-corrected chi connectivity index (χ1v) is 5.99. The van der Waals surface area contributed by atoms with E-state index < -0.39 is 0 Å².